The molecule has 1 amide bonds. The van der Waals surface area contributed by atoms with E-state index >= 15 is 0 Å². The molecule has 3 rings (SSSR count). The molecule has 1 heterocycles. The summed E-state index contributed by atoms with van der Waals surface area (Å²) in [7, 11) is 0. The fraction of sp³-hybridized carbons (Fsp3) is 0.316. The number of nitrogens with one attached hydrogen (secondary N) is 4. The molecular weight excluding hydrogens is 300 g/mol. The van der Waals surface area contributed by atoms with Crippen LogP contribution in [0, 0.1) is 20.8 Å². The minimum absolute atomic E-state index is 0.0179. The van der Waals surface area contributed by atoms with Gasteiger partial charge in [-0.1, -0.05) is 35.9 Å². The highest BCUT2D eigenvalue weighted by molar-refractivity contribution is 5.83. The number of rotatable bonds is 4. The largest absolute Gasteiger partial charge is 0.352 e. The molecule has 5 heteroatoms. The Labute approximate surface area is 142 Å². The van der Waals surface area contributed by atoms with Crippen LogP contribution in [-0.2, 0) is 11.2 Å². The number of amides is 1. The van der Waals surface area contributed by atoms with Crippen LogP contribution in [0.1, 0.15) is 22.3 Å². The predicted octanol–water partition coefficient (Wildman–Crippen LogP) is 2.14. The van der Waals surface area contributed by atoms with Crippen molar-refractivity contribution in [2.24, 2.45) is 0 Å². The molecule has 126 valence electrons. The van der Waals surface area contributed by atoms with E-state index < -0.39 is 0 Å². The lowest BCUT2D eigenvalue weighted by molar-refractivity contribution is -0.126. The van der Waals surface area contributed by atoms with Gasteiger partial charge in [-0.05, 0) is 56.0 Å². The fourth-order valence-electron chi connectivity index (χ4n) is 2.70. The Kier molecular flexibility index (Phi) is 4.83. The third kappa shape index (κ3) is 3.93. The Balaban J connectivity index is 1.57. The van der Waals surface area contributed by atoms with Gasteiger partial charge < -0.3 is 10.6 Å². The second-order valence-corrected chi connectivity index (χ2v) is 6.42. The number of anilines is 1. The Morgan fingerprint density at radius 3 is 2.38 bits per heavy atom. The number of benzene rings is 2. The Morgan fingerprint density at radius 2 is 1.71 bits per heavy atom. The van der Waals surface area contributed by atoms with E-state index in [9.17, 15) is 4.79 Å². The molecule has 1 aliphatic rings. The van der Waals surface area contributed by atoms with Crippen molar-refractivity contribution in [1.29, 1.82) is 0 Å². The first-order chi connectivity index (χ1) is 11.5. The molecule has 0 spiro atoms. The second kappa shape index (κ2) is 7.03. The lowest BCUT2D eigenvalue weighted by Crippen LogP contribution is -2.68. The van der Waals surface area contributed by atoms with Crippen molar-refractivity contribution in [3.8, 4) is 0 Å². The van der Waals surface area contributed by atoms with E-state index in [2.05, 4.69) is 78.7 Å². The highest BCUT2D eigenvalue weighted by Gasteiger charge is 2.27. The van der Waals surface area contributed by atoms with Crippen LogP contribution in [-0.4, -0.2) is 18.2 Å². The van der Waals surface area contributed by atoms with Crippen LogP contribution in [0.3, 0.4) is 0 Å². The van der Waals surface area contributed by atoms with Gasteiger partial charge in [0.1, 0.15) is 6.04 Å². The lowest BCUT2D eigenvalue weighted by Gasteiger charge is -2.32. The third-order valence-corrected chi connectivity index (χ3v) is 4.38. The molecule has 0 aliphatic carbocycles. The number of carbonyl (C=O) groups excluding carboxylic acids is 1. The van der Waals surface area contributed by atoms with Crippen molar-refractivity contribution in [2.45, 2.75) is 39.5 Å². The summed E-state index contributed by atoms with van der Waals surface area (Å²) < 4.78 is 0. The topological polar surface area (TPSA) is 65.2 Å². The fourth-order valence-corrected chi connectivity index (χ4v) is 2.70. The highest BCUT2D eigenvalue weighted by atomic mass is 16.2. The molecule has 5 nitrogen and oxygen atoms in total. The molecule has 0 saturated carbocycles. The number of carbonyl (C=O) groups is 1. The van der Waals surface area contributed by atoms with Crippen LogP contribution < -0.4 is 21.5 Å². The second-order valence-electron chi connectivity index (χ2n) is 6.42. The van der Waals surface area contributed by atoms with Gasteiger partial charge in [-0.25, -0.2) is 10.9 Å². The zero-order valence-electron chi connectivity index (χ0n) is 14.3. The summed E-state index contributed by atoms with van der Waals surface area (Å²) in [5.41, 5.74) is 12.0. The number of hydrogen-bond donors (Lipinski definition) is 4. The average Bonchev–Trinajstić information content (AvgIpc) is 2.55. The average molecular weight is 324 g/mol. The van der Waals surface area contributed by atoms with E-state index in [1.54, 1.807) is 0 Å². The van der Waals surface area contributed by atoms with Crippen molar-refractivity contribution < 1.29 is 4.79 Å². The molecule has 2 unspecified atom stereocenters. The minimum atomic E-state index is -0.339. The number of hydrazine groups is 1. The molecule has 1 saturated heterocycles. The van der Waals surface area contributed by atoms with Crippen LogP contribution in [0.25, 0.3) is 0 Å². The predicted molar refractivity (Wildman–Crippen MR) is 96.4 cm³/mol. The maximum atomic E-state index is 12.3. The summed E-state index contributed by atoms with van der Waals surface area (Å²) in [6.45, 7) is 6.21. The third-order valence-electron chi connectivity index (χ3n) is 4.38. The van der Waals surface area contributed by atoms with Gasteiger partial charge in [0.25, 0.3) is 0 Å². The molecule has 1 fully saturated rings. The quantitative estimate of drug-likeness (QED) is 0.696. The summed E-state index contributed by atoms with van der Waals surface area (Å²) in [6.07, 6.45) is 0.309. The molecule has 0 aromatic heterocycles. The van der Waals surface area contributed by atoms with Gasteiger partial charge in [0.2, 0.25) is 5.91 Å². The molecule has 1 aliphatic heterocycles. The first kappa shape index (κ1) is 16.5. The number of hydrogen-bond acceptors (Lipinski definition) is 4. The zero-order valence-corrected chi connectivity index (χ0v) is 14.3. The maximum absolute atomic E-state index is 12.3. The van der Waals surface area contributed by atoms with Crippen molar-refractivity contribution in [3.05, 3.63) is 64.7 Å². The van der Waals surface area contributed by atoms with E-state index in [0.717, 1.165) is 11.3 Å². The van der Waals surface area contributed by atoms with Crippen LogP contribution >= 0.6 is 0 Å². The van der Waals surface area contributed by atoms with Crippen LogP contribution in [0.15, 0.2) is 42.5 Å². The van der Waals surface area contributed by atoms with Gasteiger partial charge in [0, 0.05) is 5.69 Å². The van der Waals surface area contributed by atoms with Gasteiger partial charge in [-0.15, -0.1) is 0 Å². The van der Waals surface area contributed by atoms with Crippen molar-refractivity contribution in [2.75, 3.05) is 5.32 Å². The van der Waals surface area contributed by atoms with Crippen molar-refractivity contribution >= 4 is 11.6 Å². The first-order valence-corrected chi connectivity index (χ1v) is 8.22. The Morgan fingerprint density at radius 1 is 0.958 bits per heavy atom. The van der Waals surface area contributed by atoms with E-state index in [4.69, 9.17) is 0 Å². The van der Waals surface area contributed by atoms with E-state index in [1.165, 1.54) is 16.7 Å². The molecular formula is C19H24N4O. The number of aryl methyl sites for hydroxylation is 3. The van der Waals surface area contributed by atoms with Crippen LogP contribution in [0.5, 0.6) is 0 Å². The summed E-state index contributed by atoms with van der Waals surface area (Å²) >= 11 is 0. The summed E-state index contributed by atoms with van der Waals surface area (Å²) in [4.78, 5) is 12.3. The smallest absolute Gasteiger partial charge is 0.241 e. The normalized spacial score (nSPS) is 20.5. The van der Waals surface area contributed by atoms with E-state index in [1.807, 2.05) is 6.07 Å². The first-order valence-electron chi connectivity index (χ1n) is 8.22. The molecule has 0 radical (unpaired) electrons. The molecule has 4 N–H and O–H groups in total. The monoisotopic (exact) mass is 324 g/mol. The van der Waals surface area contributed by atoms with E-state index in [0.29, 0.717) is 6.42 Å². The van der Waals surface area contributed by atoms with Gasteiger partial charge in [0.05, 0.1) is 0 Å². The van der Waals surface area contributed by atoms with Gasteiger partial charge in [0.15, 0.2) is 6.29 Å². The molecule has 2 atom stereocenters. The van der Waals surface area contributed by atoms with Gasteiger partial charge in [-0.3, -0.25) is 4.79 Å². The maximum Gasteiger partial charge on any atom is 0.241 e. The Bertz CT molecular complexity index is 727. The highest BCUT2D eigenvalue weighted by Crippen LogP contribution is 2.15. The summed E-state index contributed by atoms with van der Waals surface area (Å²) in [5, 5.41) is 6.22. The van der Waals surface area contributed by atoms with E-state index in [-0.39, 0.29) is 18.2 Å². The molecule has 2 aromatic carbocycles. The Hall–Kier alpha value is -2.37. The van der Waals surface area contributed by atoms with Crippen LogP contribution in [0.2, 0.25) is 0 Å². The summed E-state index contributed by atoms with van der Waals surface area (Å²) in [6, 6.07) is 14.1. The minimum Gasteiger partial charge on any atom is -0.352 e. The van der Waals surface area contributed by atoms with Crippen LogP contribution in [0.4, 0.5) is 5.69 Å². The van der Waals surface area contributed by atoms with Crippen molar-refractivity contribution in [1.82, 2.24) is 16.2 Å². The molecule has 0 bridgehead atoms. The lowest BCUT2D eigenvalue weighted by atomic mass is 10.0. The van der Waals surface area contributed by atoms with Gasteiger partial charge in [-0.2, -0.15) is 0 Å². The van der Waals surface area contributed by atoms with Gasteiger partial charge >= 0.3 is 0 Å². The van der Waals surface area contributed by atoms with Crippen molar-refractivity contribution in [3.63, 3.8) is 0 Å². The molecule has 2 aromatic rings. The molecule has 24 heavy (non-hydrogen) atoms. The zero-order chi connectivity index (χ0) is 17.1. The summed E-state index contributed by atoms with van der Waals surface area (Å²) in [5.74, 6) is -0.0179. The SMILES string of the molecule is Cc1ccc(CC2NNC(Nc3ccc(C)c(C)c3)NC2=O)cc1. The standard InChI is InChI=1S/C19H24N4O/c1-12-4-7-15(8-5-12)11-17-18(24)21-19(23-22-17)20-16-9-6-13(2)14(3)10-16/h4-10,17,19-20,22-23H,11H2,1-3H3,(H,21,24).